The normalized spacial score (nSPS) is 16.4. The largest absolute Gasteiger partial charge is 0.231 e. The van der Waals surface area contributed by atoms with Crippen LogP contribution in [0.1, 0.15) is 25.7 Å². The summed E-state index contributed by atoms with van der Waals surface area (Å²) in [6.45, 7) is 7.79. The molecule has 0 radical (unpaired) electrons. The molecule has 2 nitrogen and oxygen atoms in total. The van der Waals surface area contributed by atoms with Crippen molar-refractivity contribution in [2.75, 3.05) is 0 Å². The molecule has 1 aliphatic rings. The van der Waals surface area contributed by atoms with Gasteiger partial charge in [0.15, 0.2) is 0 Å². The Morgan fingerprint density at radius 1 is 1.18 bits per heavy atom. The van der Waals surface area contributed by atoms with Crippen LogP contribution in [0.2, 0.25) is 0 Å². The van der Waals surface area contributed by atoms with Crippen LogP contribution in [0.4, 0.5) is 0 Å². The summed E-state index contributed by atoms with van der Waals surface area (Å²) in [6.07, 6.45) is 5.74. The van der Waals surface area contributed by atoms with Crippen LogP contribution in [0.5, 0.6) is 0 Å². The molecule has 1 fully saturated rings. The van der Waals surface area contributed by atoms with Crippen LogP contribution in [-0.2, 0) is 4.79 Å². The lowest BCUT2D eigenvalue weighted by Gasteiger charge is -2.14. The minimum Gasteiger partial charge on any atom is -0.222 e. The fourth-order valence-corrected chi connectivity index (χ4v) is 1.03. The molecule has 0 unspecified atom stereocenters. The first-order valence-electron chi connectivity index (χ1n) is 3.62. The molecule has 0 saturated heterocycles. The van der Waals surface area contributed by atoms with Gasteiger partial charge in [0.1, 0.15) is 0 Å². The van der Waals surface area contributed by atoms with E-state index in [-0.39, 0.29) is 0 Å². The third-order valence-electron chi connectivity index (χ3n) is 1.71. The highest BCUT2D eigenvalue weighted by atomic mass is 16.1. The third-order valence-corrected chi connectivity index (χ3v) is 1.71. The van der Waals surface area contributed by atoms with Gasteiger partial charge in [0, 0.05) is 0 Å². The summed E-state index contributed by atoms with van der Waals surface area (Å²) in [6, 6.07) is 0. The third kappa shape index (κ3) is 4.29. The lowest BCUT2D eigenvalue weighted by Crippen LogP contribution is -1.94. The van der Waals surface area contributed by atoms with E-state index in [1.165, 1.54) is 36.8 Å². The van der Waals surface area contributed by atoms with Crippen molar-refractivity contribution in [3.63, 3.8) is 0 Å². The van der Waals surface area contributed by atoms with Gasteiger partial charge in [-0.15, -0.1) is 0 Å². The van der Waals surface area contributed by atoms with Gasteiger partial charge in [0.05, 0.1) is 0 Å². The van der Waals surface area contributed by atoms with Crippen molar-refractivity contribution < 1.29 is 4.79 Å². The summed E-state index contributed by atoms with van der Waals surface area (Å²) < 4.78 is 0. The maximum Gasteiger partial charge on any atom is 0.231 e. The summed E-state index contributed by atoms with van der Waals surface area (Å²) in [5, 5.41) is 5.40. The summed E-state index contributed by atoms with van der Waals surface area (Å²) in [5.41, 5.74) is 2.55. The average Bonchev–Trinajstić information content (AvgIpc) is 1.97. The number of nitrogens with one attached hydrogen (secondary N) is 1. The van der Waals surface area contributed by atoms with Crippen LogP contribution in [-0.4, -0.2) is 6.08 Å². The fraction of sp³-hybridized carbons (Fsp3) is 0.444. The second kappa shape index (κ2) is 5.63. The van der Waals surface area contributed by atoms with Gasteiger partial charge in [-0.1, -0.05) is 24.3 Å². The Kier molecular flexibility index (Phi) is 5.05. The Labute approximate surface area is 67.1 Å². The number of carbonyl (C=O) groups excluding carboxylic acids is 1. The molecule has 0 heterocycles. The van der Waals surface area contributed by atoms with Crippen molar-refractivity contribution in [2.24, 2.45) is 0 Å². The molecule has 60 valence electrons. The van der Waals surface area contributed by atoms with E-state index in [1.807, 2.05) is 0 Å². The Bertz CT molecular complexity index is 172. The Hall–Kier alpha value is -1.14. The van der Waals surface area contributed by atoms with E-state index < -0.39 is 0 Å². The lowest BCUT2D eigenvalue weighted by molar-refractivity contribution is 0.563. The molecule has 0 aromatic rings. The molecule has 1 rings (SSSR count). The van der Waals surface area contributed by atoms with Crippen LogP contribution in [0.25, 0.3) is 0 Å². The molecule has 0 spiro atoms. The maximum atomic E-state index is 8.35. The molecule has 1 N–H and O–H groups in total. The highest BCUT2D eigenvalue weighted by Gasteiger charge is 2.05. The molecule has 11 heavy (non-hydrogen) atoms. The highest BCUT2D eigenvalue weighted by molar-refractivity contribution is 5.26. The zero-order chi connectivity index (χ0) is 8.69. The predicted molar refractivity (Wildman–Crippen MR) is 45.2 cm³/mol. The molecule has 0 aromatic heterocycles. The molecule has 1 aliphatic carbocycles. The minimum atomic E-state index is 0.750. The second-order valence-electron chi connectivity index (χ2n) is 2.52. The van der Waals surface area contributed by atoms with Crippen LogP contribution in [0, 0.1) is 5.41 Å². The quantitative estimate of drug-likeness (QED) is 0.419. The first-order valence-corrected chi connectivity index (χ1v) is 3.62. The summed E-state index contributed by atoms with van der Waals surface area (Å²) in [7, 11) is 0. The van der Waals surface area contributed by atoms with Gasteiger partial charge in [-0.2, -0.15) is 0 Å². The zero-order valence-electron chi connectivity index (χ0n) is 6.65. The summed E-state index contributed by atoms with van der Waals surface area (Å²) in [4.78, 5) is 8.35. The Balaban J connectivity index is 0.000000292. The number of hydrogen-bond acceptors (Lipinski definition) is 2. The van der Waals surface area contributed by atoms with E-state index in [4.69, 9.17) is 10.2 Å². The van der Waals surface area contributed by atoms with E-state index in [9.17, 15) is 0 Å². The first-order chi connectivity index (χ1) is 5.22. The first kappa shape index (κ1) is 9.86. The maximum absolute atomic E-state index is 8.35. The van der Waals surface area contributed by atoms with Gasteiger partial charge in [-0.05, 0) is 25.7 Å². The molecular weight excluding hydrogens is 138 g/mol. The second-order valence-corrected chi connectivity index (χ2v) is 2.52. The standard InChI is InChI=1S/C8H12.CHNO/c1-7-5-3-4-6-8(7)2;2-1-3/h1-6H2;2H. The number of hydrogen-bond donors (Lipinski definition) is 1. The van der Waals surface area contributed by atoms with Gasteiger partial charge in [0.25, 0.3) is 0 Å². The zero-order valence-corrected chi connectivity index (χ0v) is 6.65. The summed E-state index contributed by atoms with van der Waals surface area (Å²) in [5.74, 6) is 0. The van der Waals surface area contributed by atoms with E-state index in [0.717, 1.165) is 6.08 Å². The topological polar surface area (TPSA) is 40.9 Å². The molecule has 0 bridgehead atoms. The van der Waals surface area contributed by atoms with E-state index in [2.05, 4.69) is 13.2 Å². The molecule has 0 aliphatic heterocycles. The smallest absolute Gasteiger partial charge is 0.222 e. The lowest BCUT2D eigenvalue weighted by atomic mass is 9.92. The highest BCUT2D eigenvalue weighted by Crippen LogP contribution is 2.24. The van der Waals surface area contributed by atoms with Gasteiger partial charge in [-0.25, -0.2) is 10.2 Å². The average molecular weight is 151 g/mol. The minimum absolute atomic E-state index is 0.750. The molecule has 0 atom stereocenters. The fourth-order valence-electron chi connectivity index (χ4n) is 1.03. The van der Waals surface area contributed by atoms with Crippen LogP contribution >= 0.6 is 0 Å². The number of isocyanates is 1. The summed E-state index contributed by atoms with van der Waals surface area (Å²) >= 11 is 0. The van der Waals surface area contributed by atoms with Gasteiger partial charge in [-0.3, -0.25) is 0 Å². The SMILES string of the molecule is C=C1CCCCC1=C.N=C=O. The van der Waals surface area contributed by atoms with Crippen molar-refractivity contribution in [3.05, 3.63) is 24.3 Å². The van der Waals surface area contributed by atoms with E-state index >= 15 is 0 Å². The van der Waals surface area contributed by atoms with Crippen molar-refractivity contribution in [1.82, 2.24) is 0 Å². The predicted octanol–water partition coefficient (Wildman–Crippen LogP) is 2.57. The van der Waals surface area contributed by atoms with Crippen LogP contribution in [0.15, 0.2) is 24.3 Å². The molecule has 2 heteroatoms. The molecular formula is C9H13NO. The van der Waals surface area contributed by atoms with Crippen molar-refractivity contribution in [3.8, 4) is 0 Å². The molecule has 1 saturated carbocycles. The number of allylic oxidation sites excluding steroid dienone is 2. The molecule has 0 amide bonds. The van der Waals surface area contributed by atoms with Crippen molar-refractivity contribution >= 4 is 6.08 Å². The van der Waals surface area contributed by atoms with Gasteiger partial charge in [0.2, 0.25) is 6.08 Å². The van der Waals surface area contributed by atoms with E-state index in [1.54, 1.807) is 0 Å². The Morgan fingerprint density at radius 2 is 1.45 bits per heavy atom. The Morgan fingerprint density at radius 3 is 1.64 bits per heavy atom. The van der Waals surface area contributed by atoms with Gasteiger partial charge >= 0.3 is 0 Å². The van der Waals surface area contributed by atoms with Crippen molar-refractivity contribution in [1.29, 1.82) is 5.41 Å². The van der Waals surface area contributed by atoms with Crippen LogP contribution < -0.4 is 0 Å². The van der Waals surface area contributed by atoms with Crippen molar-refractivity contribution in [2.45, 2.75) is 25.7 Å². The molecule has 0 aromatic carbocycles. The van der Waals surface area contributed by atoms with Gasteiger partial charge < -0.3 is 0 Å². The number of rotatable bonds is 0. The van der Waals surface area contributed by atoms with Crippen LogP contribution in [0.3, 0.4) is 0 Å². The van der Waals surface area contributed by atoms with E-state index in [0.29, 0.717) is 0 Å². The monoisotopic (exact) mass is 151 g/mol.